The van der Waals surface area contributed by atoms with Crippen LogP contribution in [0.4, 0.5) is 5.13 Å². The third kappa shape index (κ3) is 4.68. The van der Waals surface area contributed by atoms with Crippen molar-refractivity contribution in [1.82, 2.24) is 4.98 Å². The van der Waals surface area contributed by atoms with Crippen LogP contribution < -0.4 is 5.32 Å². The summed E-state index contributed by atoms with van der Waals surface area (Å²) >= 11 is 1.40. The number of hydrogen-bond acceptors (Lipinski definition) is 6. The zero-order chi connectivity index (χ0) is 18.4. The maximum absolute atomic E-state index is 12.9. The van der Waals surface area contributed by atoms with Crippen LogP contribution in [0.1, 0.15) is 41.1 Å². The van der Waals surface area contributed by atoms with Crippen LogP contribution in [0.25, 0.3) is 0 Å². The van der Waals surface area contributed by atoms with E-state index in [9.17, 15) is 9.59 Å². The van der Waals surface area contributed by atoms with E-state index < -0.39 is 0 Å². The number of carbonyl (C=O) groups is 2. The Morgan fingerprint density at radius 2 is 2.04 bits per heavy atom. The molecule has 1 unspecified atom stereocenters. The van der Waals surface area contributed by atoms with Gasteiger partial charge in [-0.3, -0.25) is 4.79 Å². The van der Waals surface area contributed by atoms with Crippen LogP contribution in [-0.4, -0.2) is 37.2 Å². The molecule has 0 aliphatic carbocycles. The molecule has 1 aromatic heterocycles. The number of methoxy groups -OCH3 is 1. The highest BCUT2D eigenvalue weighted by molar-refractivity contribution is 7.13. The van der Waals surface area contributed by atoms with Gasteiger partial charge in [-0.1, -0.05) is 12.1 Å². The van der Waals surface area contributed by atoms with Gasteiger partial charge in [-0.2, -0.15) is 0 Å². The number of rotatable bonds is 6. The Morgan fingerprint density at radius 3 is 2.65 bits per heavy atom. The summed E-state index contributed by atoms with van der Waals surface area (Å²) in [6.07, 6.45) is 4.33. The molecule has 1 fully saturated rings. The van der Waals surface area contributed by atoms with Gasteiger partial charge in [-0.05, 0) is 42.9 Å². The normalized spacial score (nSPS) is 16.0. The average Bonchev–Trinajstić information content (AvgIpc) is 3.19. The van der Waals surface area contributed by atoms with Crippen LogP contribution in [0.15, 0.2) is 35.8 Å². The summed E-state index contributed by atoms with van der Waals surface area (Å²) in [5.74, 6) is -0.313. The fourth-order valence-electron chi connectivity index (χ4n) is 3.16. The lowest BCUT2D eigenvalue weighted by Crippen LogP contribution is -2.26. The molecule has 1 amide bonds. The van der Waals surface area contributed by atoms with E-state index in [1.807, 2.05) is 17.5 Å². The molecule has 1 aliphatic heterocycles. The predicted octanol–water partition coefficient (Wildman–Crippen LogP) is 3.47. The van der Waals surface area contributed by atoms with Crippen molar-refractivity contribution in [2.75, 3.05) is 25.6 Å². The molecule has 1 N–H and O–H groups in total. The second-order valence-corrected chi connectivity index (χ2v) is 7.18. The molecule has 1 aliphatic rings. The van der Waals surface area contributed by atoms with E-state index in [2.05, 4.69) is 10.3 Å². The molecule has 6 nitrogen and oxygen atoms in total. The van der Waals surface area contributed by atoms with Crippen LogP contribution in [-0.2, 0) is 14.3 Å². The number of anilines is 1. The van der Waals surface area contributed by atoms with Crippen LogP contribution >= 0.6 is 11.3 Å². The fourth-order valence-corrected chi connectivity index (χ4v) is 3.69. The number of thiazole rings is 1. The molecule has 0 spiro atoms. The second kappa shape index (κ2) is 8.91. The summed E-state index contributed by atoms with van der Waals surface area (Å²) in [5, 5.41) is 5.33. The molecule has 7 heteroatoms. The van der Waals surface area contributed by atoms with Crippen LogP contribution in [0.5, 0.6) is 0 Å². The molecular formula is C19H22N2O4S. The Balaban J connectivity index is 1.78. The lowest BCUT2D eigenvalue weighted by atomic mass is 9.84. The first-order valence-corrected chi connectivity index (χ1v) is 9.51. The quantitative estimate of drug-likeness (QED) is 0.784. The average molecular weight is 374 g/mol. The largest absolute Gasteiger partial charge is 0.465 e. The summed E-state index contributed by atoms with van der Waals surface area (Å²) in [6, 6.07) is 7.07. The van der Waals surface area contributed by atoms with E-state index in [1.165, 1.54) is 18.4 Å². The van der Waals surface area contributed by atoms with Crippen molar-refractivity contribution in [3.63, 3.8) is 0 Å². The molecule has 1 atom stereocenters. The van der Waals surface area contributed by atoms with Gasteiger partial charge in [0.15, 0.2) is 5.13 Å². The first-order valence-electron chi connectivity index (χ1n) is 8.63. The molecule has 0 saturated carbocycles. The summed E-state index contributed by atoms with van der Waals surface area (Å²) in [5.41, 5.74) is 1.36. The van der Waals surface area contributed by atoms with Crippen molar-refractivity contribution < 1.29 is 19.1 Å². The zero-order valence-electron chi connectivity index (χ0n) is 14.6. The summed E-state index contributed by atoms with van der Waals surface area (Å²) in [7, 11) is 1.35. The van der Waals surface area contributed by atoms with Crippen LogP contribution in [0.2, 0.25) is 0 Å². The van der Waals surface area contributed by atoms with E-state index in [0.29, 0.717) is 16.6 Å². The number of benzene rings is 1. The lowest BCUT2D eigenvalue weighted by Gasteiger charge is -2.26. The van der Waals surface area contributed by atoms with E-state index in [1.54, 1.807) is 18.3 Å². The Morgan fingerprint density at radius 1 is 1.31 bits per heavy atom. The number of nitrogens with one attached hydrogen (secondary N) is 1. The SMILES string of the molecule is COC(=O)c1ccc(C(CC2CCOCC2)C(=O)Nc2nccs2)cc1. The minimum Gasteiger partial charge on any atom is -0.465 e. The highest BCUT2D eigenvalue weighted by Gasteiger charge is 2.27. The number of carbonyl (C=O) groups excluding carboxylic acids is 2. The minimum atomic E-state index is -0.384. The summed E-state index contributed by atoms with van der Waals surface area (Å²) < 4.78 is 10.2. The van der Waals surface area contributed by atoms with Crippen LogP contribution in [0.3, 0.4) is 0 Å². The van der Waals surface area contributed by atoms with Gasteiger partial charge in [0, 0.05) is 24.8 Å². The van der Waals surface area contributed by atoms with Gasteiger partial charge in [0.1, 0.15) is 0 Å². The van der Waals surface area contributed by atoms with Gasteiger partial charge in [-0.15, -0.1) is 11.3 Å². The first kappa shape index (κ1) is 18.5. The summed E-state index contributed by atoms with van der Waals surface area (Å²) in [6.45, 7) is 1.49. The zero-order valence-corrected chi connectivity index (χ0v) is 15.5. The highest BCUT2D eigenvalue weighted by atomic mass is 32.1. The minimum absolute atomic E-state index is 0.0720. The molecule has 0 bridgehead atoms. The van der Waals surface area contributed by atoms with Gasteiger partial charge in [0.05, 0.1) is 18.6 Å². The van der Waals surface area contributed by atoms with Crippen molar-refractivity contribution in [2.24, 2.45) is 5.92 Å². The topological polar surface area (TPSA) is 77.5 Å². The molecule has 138 valence electrons. The van der Waals surface area contributed by atoms with E-state index in [-0.39, 0.29) is 17.8 Å². The van der Waals surface area contributed by atoms with Gasteiger partial charge >= 0.3 is 5.97 Å². The van der Waals surface area contributed by atoms with Crippen molar-refractivity contribution >= 4 is 28.3 Å². The third-order valence-corrected chi connectivity index (χ3v) is 5.31. The number of aromatic nitrogens is 1. The van der Waals surface area contributed by atoms with E-state index >= 15 is 0 Å². The van der Waals surface area contributed by atoms with E-state index in [0.717, 1.165) is 38.0 Å². The molecule has 2 aromatic rings. The smallest absolute Gasteiger partial charge is 0.337 e. The number of ether oxygens (including phenoxy) is 2. The third-order valence-electron chi connectivity index (χ3n) is 4.62. The Kier molecular flexibility index (Phi) is 6.35. The van der Waals surface area contributed by atoms with Gasteiger partial charge in [0.2, 0.25) is 5.91 Å². The van der Waals surface area contributed by atoms with E-state index in [4.69, 9.17) is 9.47 Å². The molecular weight excluding hydrogens is 352 g/mol. The van der Waals surface area contributed by atoms with Gasteiger partial charge < -0.3 is 14.8 Å². The number of esters is 1. The molecule has 3 rings (SSSR count). The van der Waals surface area contributed by atoms with Crippen LogP contribution in [0, 0.1) is 5.92 Å². The lowest BCUT2D eigenvalue weighted by molar-refractivity contribution is -0.118. The number of hydrogen-bond donors (Lipinski definition) is 1. The van der Waals surface area contributed by atoms with Crippen molar-refractivity contribution in [2.45, 2.75) is 25.2 Å². The van der Waals surface area contributed by atoms with Crippen molar-refractivity contribution in [3.05, 3.63) is 47.0 Å². The fraction of sp³-hybridized carbons (Fsp3) is 0.421. The Hall–Kier alpha value is -2.25. The Bertz CT molecular complexity index is 725. The highest BCUT2D eigenvalue weighted by Crippen LogP contribution is 2.31. The van der Waals surface area contributed by atoms with Gasteiger partial charge in [-0.25, -0.2) is 9.78 Å². The molecule has 26 heavy (non-hydrogen) atoms. The predicted molar refractivity (Wildman–Crippen MR) is 99.4 cm³/mol. The van der Waals surface area contributed by atoms with Crippen molar-refractivity contribution in [1.29, 1.82) is 0 Å². The maximum atomic E-state index is 12.9. The van der Waals surface area contributed by atoms with Crippen molar-refractivity contribution in [3.8, 4) is 0 Å². The number of amides is 1. The molecule has 0 radical (unpaired) electrons. The maximum Gasteiger partial charge on any atom is 0.337 e. The first-order chi connectivity index (χ1) is 12.7. The second-order valence-electron chi connectivity index (χ2n) is 6.28. The molecule has 2 heterocycles. The monoisotopic (exact) mass is 374 g/mol. The van der Waals surface area contributed by atoms with Gasteiger partial charge in [0.25, 0.3) is 0 Å². The molecule has 1 saturated heterocycles. The number of nitrogens with zero attached hydrogens (tertiary/aromatic N) is 1. The molecule has 1 aromatic carbocycles. The standard InChI is InChI=1S/C19H22N2O4S/c1-24-18(23)15-4-2-14(3-5-15)16(12-13-6-9-25-10-7-13)17(22)21-19-20-8-11-26-19/h2-5,8,11,13,16H,6-7,9-10,12H2,1H3,(H,20,21,22). The Labute approximate surface area is 156 Å². The summed E-state index contributed by atoms with van der Waals surface area (Å²) in [4.78, 5) is 28.7.